The van der Waals surface area contributed by atoms with Gasteiger partial charge in [0.1, 0.15) is 5.41 Å². The van der Waals surface area contributed by atoms with Crippen LogP contribution in [0.2, 0.25) is 0 Å². The van der Waals surface area contributed by atoms with Gasteiger partial charge in [0.15, 0.2) is 0 Å². The quantitative estimate of drug-likeness (QED) is 0.502. The number of amides is 1. The van der Waals surface area contributed by atoms with Crippen molar-refractivity contribution in [3.05, 3.63) is 0 Å². The smallest absolute Gasteiger partial charge is 0.321 e. The van der Waals surface area contributed by atoms with Crippen molar-refractivity contribution in [3.63, 3.8) is 0 Å². The lowest BCUT2D eigenvalue weighted by atomic mass is 9.77. The van der Waals surface area contributed by atoms with Gasteiger partial charge in [0.2, 0.25) is 5.91 Å². The minimum Gasteiger partial charge on any atom is -0.468 e. The third kappa shape index (κ3) is 1.53. The summed E-state index contributed by atoms with van der Waals surface area (Å²) in [4.78, 5) is 23.0. The summed E-state index contributed by atoms with van der Waals surface area (Å²) >= 11 is 0. The van der Waals surface area contributed by atoms with Crippen LogP contribution in [0.4, 0.5) is 0 Å². The lowest BCUT2D eigenvalue weighted by molar-refractivity contribution is -0.161. The molecule has 0 bridgehead atoms. The molecule has 4 nitrogen and oxygen atoms in total. The summed E-state index contributed by atoms with van der Waals surface area (Å²) in [7, 11) is 1.32. The third-order valence-corrected chi connectivity index (χ3v) is 2.68. The third-order valence-electron chi connectivity index (χ3n) is 2.68. The van der Waals surface area contributed by atoms with Gasteiger partial charge in [-0.1, -0.05) is 6.92 Å². The van der Waals surface area contributed by atoms with E-state index in [1.807, 2.05) is 6.92 Å². The molecule has 0 aromatic carbocycles. The van der Waals surface area contributed by atoms with E-state index in [-0.39, 0.29) is 5.91 Å². The van der Waals surface area contributed by atoms with Gasteiger partial charge in [-0.2, -0.15) is 0 Å². The van der Waals surface area contributed by atoms with Crippen LogP contribution in [0.15, 0.2) is 0 Å². The number of nitrogens with one attached hydrogen (secondary N) is 1. The molecular formula is C9H15NO3. The lowest BCUT2D eigenvalue weighted by Gasteiger charge is -2.32. The molecule has 0 unspecified atom stereocenters. The molecule has 1 heterocycles. The number of piperidine rings is 1. The Kier molecular flexibility index (Phi) is 2.90. The molecule has 4 heteroatoms. The normalized spacial score (nSPS) is 28.0. The van der Waals surface area contributed by atoms with Gasteiger partial charge in [0.25, 0.3) is 0 Å². The topological polar surface area (TPSA) is 55.4 Å². The summed E-state index contributed by atoms with van der Waals surface area (Å²) in [5, 5.41) is 2.70. The van der Waals surface area contributed by atoms with Gasteiger partial charge < -0.3 is 10.1 Å². The summed E-state index contributed by atoms with van der Waals surface area (Å²) < 4.78 is 4.65. The van der Waals surface area contributed by atoms with Gasteiger partial charge in [-0.05, 0) is 19.3 Å². The SMILES string of the molecule is CC[C@]1(C(=O)OC)CCCNC1=O. The summed E-state index contributed by atoms with van der Waals surface area (Å²) in [6, 6.07) is 0. The minimum absolute atomic E-state index is 0.187. The van der Waals surface area contributed by atoms with Gasteiger partial charge in [-0.3, -0.25) is 9.59 Å². The minimum atomic E-state index is -0.924. The summed E-state index contributed by atoms with van der Waals surface area (Å²) in [5.74, 6) is -0.597. The second-order valence-corrected chi connectivity index (χ2v) is 3.29. The highest BCUT2D eigenvalue weighted by atomic mass is 16.5. The molecular weight excluding hydrogens is 170 g/mol. The standard InChI is InChI=1S/C9H15NO3/c1-3-9(8(12)13-2)5-4-6-10-7(9)11/h3-6H2,1-2H3,(H,10,11)/t9-/m0/s1. The molecule has 0 aliphatic carbocycles. The van der Waals surface area contributed by atoms with Crippen molar-refractivity contribution in [2.24, 2.45) is 5.41 Å². The van der Waals surface area contributed by atoms with Crippen molar-refractivity contribution < 1.29 is 14.3 Å². The molecule has 1 atom stereocenters. The van der Waals surface area contributed by atoms with Gasteiger partial charge in [0, 0.05) is 6.54 Å². The van der Waals surface area contributed by atoms with E-state index in [2.05, 4.69) is 10.1 Å². The van der Waals surface area contributed by atoms with Gasteiger partial charge >= 0.3 is 5.97 Å². The van der Waals surface area contributed by atoms with E-state index >= 15 is 0 Å². The molecule has 1 aliphatic heterocycles. The highest BCUT2D eigenvalue weighted by molar-refractivity contribution is 6.03. The van der Waals surface area contributed by atoms with Crippen LogP contribution in [0.25, 0.3) is 0 Å². The van der Waals surface area contributed by atoms with E-state index in [4.69, 9.17) is 0 Å². The zero-order chi connectivity index (χ0) is 9.90. The summed E-state index contributed by atoms with van der Waals surface area (Å²) in [6.45, 7) is 2.50. The van der Waals surface area contributed by atoms with E-state index in [1.54, 1.807) is 0 Å². The number of carbonyl (C=O) groups excluding carboxylic acids is 2. The van der Waals surface area contributed by atoms with Gasteiger partial charge in [0.05, 0.1) is 7.11 Å². The number of rotatable bonds is 2. The first-order valence-electron chi connectivity index (χ1n) is 4.54. The Hall–Kier alpha value is -1.06. The van der Waals surface area contributed by atoms with Crippen LogP contribution in [0.5, 0.6) is 0 Å². The number of ether oxygens (including phenoxy) is 1. The Labute approximate surface area is 77.6 Å². The zero-order valence-electron chi connectivity index (χ0n) is 8.05. The first-order valence-corrected chi connectivity index (χ1v) is 4.54. The molecule has 13 heavy (non-hydrogen) atoms. The Bertz CT molecular complexity index is 217. The fourth-order valence-electron chi connectivity index (χ4n) is 1.75. The van der Waals surface area contributed by atoms with Gasteiger partial charge in [-0.15, -0.1) is 0 Å². The molecule has 1 saturated heterocycles. The van der Waals surface area contributed by atoms with E-state index in [0.717, 1.165) is 6.42 Å². The van der Waals surface area contributed by atoms with Crippen LogP contribution in [-0.2, 0) is 14.3 Å². The highest BCUT2D eigenvalue weighted by Crippen LogP contribution is 2.32. The molecule has 0 radical (unpaired) electrons. The van der Waals surface area contributed by atoms with Crippen molar-refractivity contribution in [2.45, 2.75) is 26.2 Å². The van der Waals surface area contributed by atoms with Crippen LogP contribution < -0.4 is 5.32 Å². The Balaban J connectivity index is 2.88. The number of hydrogen-bond acceptors (Lipinski definition) is 3. The molecule has 1 aliphatic rings. The Morgan fingerprint density at radius 1 is 1.69 bits per heavy atom. The molecule has 74 valence electrons. The molecule has 0 aromatic rings. The maximum Gasteiger partial charge on any atom is 0.321 e. The van der Waals surface area contributed by atoms with Gasteiger partial charge in [-0.25, -0.2) is 0 Å². The average Bonchev–Trinajstić information content (AvgIpc) is 2.18. The van der Waals surface area contributed by atoms with Crippen molar-refractivity contribution in [1.82, 2.24) is 5.32 Å². The zero-order valence-corrected chi connectivity index (χ0v) is 8.05. The molecule has 0 saturated carbocycles. The lowest BCUT2D eigenvalue weighted by Crippen LogP contribution is -2.50. The molecule has 1 N–H and O–H groups in total. The molecule has 1 rings (SSSR count). The van der Waals surface area contributed by atoms with Crippen molar-refractivity contribution in [2.75, 3.05) is 13.7 Å². The summed E-state index contributed by atoms with van der Waals surface area (Å²) in [5.41, 5.74) is -0.924. The average molecular weight is 185 g/mol. The van der Waals surface area contributed by atoms with Crippen molar-refractivity contribution in [3.8, 4) is 0 Å². The maximum absolute atomic E-state index is 11.5. The van der Waals surface area contributed by atoms with Crippen LogP contribution in [0.3, 0.4) is 0 Å². The first-order chi connectivity index (χ1) is 6.17. The predicted octanol–water partition coefficient (Wildman–Crippen LogP) is 0.466. The van der Waals surface area contributed by atoms with Crippen LogP contribution in [0, 0.1) is 5.41 Å². The number of carbonyl (C=O) groups is 2. The maximum atomic E-state index is 11.5. The van der Waals surface area contributed by atoms with Crippen molar-refractivity contribution >= 4 is 11.9 Å². The molecule has 0 aromatic heterocycles. The summed E-state index contributed by atoms with van der Waals surface area (Å²) in [6.07, 6.45) is 1.95. The largest absolute Gasteiger partial charge is 0.468 e. The van der Waals surface area contributed by atoms with Crippen molar-refractivity contribution in [1.29, 1.82) is 0 Å². The molecule has 0 spiro atoms. The number of esters is 1. The monoisotopic (exact) mass is 185 g/mol. The molecule has 1 fully saturated rings. The van der Waals surface area contributed by atoms with Crippen LogP contribution in [0.1, 0.15) is 26.2 Å². The van der Waals surface area contributed by atoms with E-state index in [9.17, 15) is 9.59 Å². The first kappa shape index (κ1) is 10.0. The molecule has 1 amide bonds. The van der Waals surface area contributed by atoms with E-state index in [1.165, 1.54) is 7.11 Å². The second kappa shape index (κ2) is 3.77. The van der Waals surface area contributed by atoms with E-state index in [0.29, 0.717) is 19.4 Å². The number of methoxy groups -OCH3 is 1. The fraction of sp³-hybridized carbons (Fsp3) is 0.778. The van der Waals surface area contributed by atoms with Crippen LogP contribution >= 0.6 is 0 Å². The Morgan fingerprint density at radius 3 is 2.85 bits per heavy atom. The second-order valence-electron chi connectivity index (χ2n) is 3.29. The Morgan fingerprint density at radius 2 is 2.38 bits per heavy atom. The number of hydrogen-bond donors (Lipinski definition) is 1. The van der Waals surface area contributed by atoms with Crippen LogP contribution in [-0.4, -0.2) is 25.5 Å². The predicted molar refractivity (Wildman–Crippen MR) is 47.0 cm³/mol. The fourth-order valence-corrected chi connectivity index (χ4v) is 1.75. The van der Waals surface area contributed by atoms with E-state index < -0.39 is 11.4 Å². The highest BCUT2D eigenvalue weighted by Gasteiger charge is 2.46.